The molecular weight excluding hydrogens is 242 g/mol. The molecule has 0 aliphatic carbocycles. The van der Waals surface area contributed by atoms with Gasteiger partial charge in [0.1, 0.15) is 11.6 Å². The maximum Gasteiger partial charge on any atom is 0.313 e. The fraction of sp³-hybridized carbons (Fsp3) is 0.333. The van der Waals surface area contributed by atoms with E-state index in [9.17, 15) is 18.4 Å². The Labute approximate surface area is 103 Å². The number of carbonyl (C=O) groups excluding carboxylic acids is 2. The molecule has 98 valence electrons. The third-order valence-corrected chi connectivity index (χ3v) is 2.20. The van der Waals surface area contributed by atoms with Crippen LogP contribution < -0.4 is 10.6 Å². The first-order valence-corrected chi connectivity index (χ1v) is 5.58. The second-order valence-electron chi connectivity index (χ2n) is 3.69. The zero-order chi connectivity index (χ0) is 13.5. The predicted octanol–water partition coefficient (Wildman–Crippen LogP) is 1.82. The molecule has 0 aliphatic rings. The summed E-state index contributed by atoms with van der Waals surface area (Å²) in [5.74, 6) is -3.38. The molecule has 0 heterocycles. The lowest BCUT2D eigenvalue weighted by Gasteiger charge is -2.06. The van der Waals surface area contributed by atoms with Crippen molar-refractivity contribution in [1.29, 1.82) is 0 Å². The topological polar surface area (TPSA) is 58.2 Å². The summed E-state index contributed by atoms with van der Waals surface area (Å²) in [4.78, 5) is 22.6. The average molecular weight is 256 g/mol. The van der Waals surface area contributed by atoms with Gasteiger partial charge in [-0.05, 0) is 18.6 Å². The van der Waals surface area contributed by atoms with Crippen LogP contribution in [0.1, 0.15) is 19.8 Å². The quantitative estimate of drug-likeness (QED) is 0.637. The Hall–Kier alpha value is -1.98. The number of hydrogen-bond donors (Lipinski definition) is 2. The Morgan fingerprint density at radius 3 is 2.61 bits per heavy atom. The minimum Gasteiger partial charge on any atom is -0.348 e. The lowest BCUT2D eigenvalue weighted by Crippen LogP contribution is -2.36. The smallest absolute Gasteiger partial charge is 0.313 e. The number of amides is 2. The number of carbonyl (C=O) groups is 2. The number of nitrogens with one attached hydrogen (secondary N) is 2. The molecular formula is C12H14F2N2O2. The van der Waals surface area contributed by atoms with Crippen molar-refractivity contribution in [3.8, 4) is 0 Å². The van der Waals surface area contributed by atoms with Crippen LogP contribution in [0.15, 0.2) is 18.2 Å². The van der Waals surface area contributed by atoms with Crippen molar-refractivity contribution >= 4 is 17.5 Å². The van der Waals surface area contributed by atoms with Gasteiger partial charge in [-0.25, -0.2) is 8.78 Å². The molecule has 0 unspecified atom stereocenters. The Kier molecular flexibility index (Phi) is 5.23. The van der Waals surface area contributed by atoms with Crippen molar-refractivity contribution in [2.24, 2.45) is 0 Å². The third kappa shape index (κ3) is 4.12. The van der Waals surface area contributed by atoms with E-state index in [1.165, 1.54) is 0 Å². The van der Waals surface area contributed by atoms with Crippen molar-refractivity contribution in [2.45, 2.75) is 19.8 Å². The molecule has 0 spiro atoms. The van der Waals surface area contributed by atoms with Crippen molar-refractivity contribution in [3.05, 3.63) is 29.8 Å². The van der Waals surface area contributed by atoms with Gasteiger partial charge < -0.3 is 10.6 Å². The van der Waals surface area contributed by atoms with Crippen LogP contribution in [-0.4, -0.2) is 18.4 Å². The van der Waals surface area contributed by atoms with Crippen molar-refractivity contribution in [1.82, 2.24) is 5.32 Å². The number of halogens is 2. The van der Waals surface area contributed by atoms with Crippen LogP contribution >= 0.6 is 0 Å². The van der Waals surface area contributed by atoms with Crippen LogP contribution in [0.25, 0.3) is 0 Å². The predicted molar refractivity (Wildman–Crippen MR) is 62.9 cm³/mol. The standard InChI is InChI=1S/C12H14F2N2O2/c1-2-3-6-15-11(17)12(18)16-10-7-8(13)4-5-9(10)14/h4-5,7H,2-3,6H2,1H3,(H,15,17)(H,16,18). The highest BCUT2D eigenvalue weighted by Gasteiger charge is 2.15. The van der Waals surface area contributed by atoms with E-state index in [0.29, 0.717) is 6.54 Å². The fourth-order valence-electron chi connectivity index (χ4n) is 1.23. The van der Waals surface area contributed by atoms with Crippen molar-refractivity contribution < 1.29 is 18.4 Å². The molecule has 2 N–H and O–H groups in total. The van der Waals surface area contributed by atoms with E-state index >= 15 is 0 Å². The summed E-state index contributed by atoms with van der Waals surface area (Å²) in [6.07, 6.45) is 1.62. The lowest BCUT2D eigenvalue weighted by molar-refractivity contribution is -0.136. The highest BCUT2D eigenvalue weighted by molar-refractivity contribution is 6.39. The number of benzene rings is 1. The summed E-state index contributed by atoms with van der Waals surface area (Å²) in [7, 11) is 0. The highest BCUT2D eigenvalue weighted by atomic mass is 19.1. The summed E-state index contributed by atoms with van der Waals surface area (Å²) < 4.78 is 26.0. The second kappa shape index (κ2) is 6.68. The molecule has 1 rings (SSSR count). The minimum atomic E-state index is -1.02. The van der Waals surface area contributed by atoms with Gasteiger partial charge in [0.25, 0.3) is 0 Å². The summed E-state index contributed by atoms with van der Waals surface area (Å²) in [6, 6.07) is 2.61. The Balaban J connectivity index is 2.58. The van der Waals surface area contributed by atoms with Crippen LogP contribution in [0, 0.1) is 11.6 Å². The van der Waals surface area contributed by atoms with Crippen LogP contribution in [-0.2, 0) is 9.59 Å². The Bertz CT molecular complexity index is 450. The first kappa shape index (κ1) is 14.1. The van der Waals surface area contributed by atoms with Gasteiger partial charge >= 0.3 is 11.8 Å². The average Bonchev–Trinajstić information content (AvgIpc) is 2.34. The van der Waals surface area contributed by atoms with Gasteiger partial charge in [-0.2, -0.15) is 0 Å². The molecule has 0 fully saturated rings. The molecule has 6 heteroatoms. The van der Waals surface area contributed by atoms with Crippen molar-refractivity contribution in [2.75, 3.05) is 11.9 Å². The molecule has 4 nitrogen and oxygen atoms in total. The molecule has 0 aliphatic heterocycles. The third-order valence-electron chi connectivity index (χ3n) is 2.20. The molecule has 1 aromatic carbocycles. The Morgan fingerprint density at radius 1 is 1.22 bits per heavy atom. The number of hydrogen-bond acceptors (Lipinski definition) is 2. The largest absolute Gasteiger partial charge is 0.348 e. The minimum absolute atomic E-state index is 0.356. The van der Waals surface area contributed by atoms with Gasteiger partial charge in [0.05, 0.1) is 5.69 Å². The first-order chi connectivity index (χ1) is 8.54. The molecule has 0 atom stereocenters. The van der Waals surface area contributed by atoms with Gasteiger partial charge in [0, 0.05) is 12.6 Å². The van der Waals surface area contributed by atoms with Crippen molar-refractivity contribution in [3.63, 3.8) is 0 Å². The first-order valence-electron chi connectivity index (χ1n) is 5.58. The SMILES string of the molecule is CCCCNC(=O)C(=O)Nc1cc(F)ccc1F. The lowest BCUT2D eigenvalue weighted by atomic mass is 10.3. The fourth-order valence-corrected chi connectivity index (χ4v) is 1.23. The van der Waals surface area contributed by atoms with Gasteiger partial charge in [-0.1, -0.05) is 13.3 Å². The molecule has 18 heavy (non-hydrogen) atoms. The maximum absolute atomic E-state index is 13.2. The van der Waals surface area contributed by atoms with Crippen LogP contribution in [0.3, 0.4) is 0 Å². The van der Waals surface area contributed by atoms with Gasteiger partial charge in [-0.15, -0.1) is 0 Å². The molecule has 0 saturated heterocycles. The Morgan fingerprint density at radius 2 is 1.94 bits per heavy atom. The van der Waals surface area contributed by atoms with Crippen LogP contribution in [0.2, 0.25) is 0 Å². The molecule has 2 amide bonds. The zero-order valence-electron chi connectivity index (χ0n) is 9.93. The number of rotatable bonds is 4. The molecule has 0 radical (unpaired) electrons. The second-order valence-corrected chi connectivity index (χ2v) is 3.69. The van der Waals surface area contributed by atoms with Gasteiger partial charge in [-0.3, -0.25) is 9.59 Å². The van der Waals surface area contributed by atoms with E-state index in [1.54, 1.807) is 0 Å². The molecule has 0 saturated carbocycles. The van der Waals surface area contributed by atoms with E-state index in [-0.39, 0.29) is 5.69 Å². The van der Waals surface area contributed by atoms with E-state index in [1.807, 2.05) is 12.2 Å². The molecule has 0 bridgehead atoms. The van der Waals surface area contributed by atoms with E-state index in [2.05, 4.69) is 5.32 Å². The van der Waals surface area contributed by atoms with Crippen LogP contribution in [0.5, 0.6) is 0 Å². The van der Waals surface area contributed by atoms with Crippen LogP contribution in [0.4, 0.5) is 14.5 Å². The van der Waals surface area contributed by atoms with Gasteiger partial charge in [0.2, 0.25) is 0 Å². The van der Waals surface area contributed by atoms with E-state index in [0.717, 1.165) is 31.0 Å². The summed E-state index contributed by atoms with van der Waals surface area (Å²) in [5, 5.41) is 4.38. The number of unbranched alkanes of at least 4 members (excludes halogenated alkanes) is 1. The van der Waals surface area contributed by atoms with Gasteiger partial charge in [0.15, 0.2) is 0 Å². The summed E-state index contributed by atoms with van der Waals surface area (Å²) in [5.41, 5.74) is -0.356. The van der Waals surface area contributed by atoms with E-state index in [4.69, 9.17) is 0 Å². The molecule has 0 aromatic heterocycles. The monoisotopic (exact) mass is 256 g/mol. The maximum atomic E-state index is 13.2. The van der Waals surface area contributed by atoms with E-state index < -0.39 is 23.4 Å². The number of anilines is 1. The zero-order valence-corrected chi connectivity index (χ0v) is 9.93. The molecule has 1 aromatic rings. The summed E-state index contributed by atoms with van der Waals surface area (Å²) in [6.45, 7) is 2.31. The highest BCUT2D eigenvalue weighted by Crippen LogP contribution is 2.14. The normalized spacial score (nSPS) is 9.94. The summed E-state index contributed by atoms with van der Waals surface area (Å²) >= 11 is 0.